The van der Waals surface area contributed by atoms with Gasteiger partial charge in [0.25, 0.3) is 0 Å². The molecule has 0 aliphatic rings. The van der Waals surface area contributed by atoms with Crippen LogP contribution in [0.25, 0.3) is 11.1 Å². The van der Waals surface area contributed by atoms with E-state index in [1.807, 2.05) is 70.2 Å². The van der Waals surface area contributed by atoms with Gasteiger partial charge in [0.1, 0.15) is 5.82 Å². The number of hydrogen-bond donors (Lipinski definition) is 9. The van der Waals surface area contributed by atoms with Crippen LogP contribution in [0, 0.1) is 18.2 Å². The average molecular weight is 1090 g/mol. The predicted molar refractivity (Wildman–Crippen MR) is 331 cm³/mol. The molecule has 0 saturated carbocycles. The summed E-state index contributed by atoms with van der Waals surface area (Å²) >= 11 is 0. The Morgan fingerprint density at radius 3 is 2.13 bits per heavy atom. The molecule has 3 amide bonds. The van der Waals surface area contributed by atoms with E-state index in [4.69, 9.17) is 17.2 Å². The van der Waals surface area contributed by atoms with Gasteiger partial charge in [0.15, 0.2) is 0 Å². The first kappa shape index (κ1) is 70.1. The first-order chi connectivity index (χ1) is 37.4. The number of rotatable bonds is 34. The summed E-state index contributed by atoms with van der Waals surface area (Å²) in [6.45, 7) is 45.9. The van der Waals surface area contributed by atoms with Crippen molar-refractivity contribution in [3.63, 3.8) is 0 Å². The Balaban J connectivity index is 0.00000119. The number of nitrogens with two attached hydrogens (primary N) is 3. The van der Waals surface area contributed by atoms with E-state index >= 15 is 4.39 Å². The predicted octanol–water partition coefficient (Wildman–Crippen LogP) is 9.85. The first-order valence-electron chi connectivity index (χ1n) is 27.7. The molecule has 0 fully saturated rings. The molecule has 5 atom stereocenters. The number of carbonyl (C=O) groups excluding carboxylic acids is 3. The average Bonchev–Trinajstić information content (AvgIpc) is 3.84. The van der Waals surface area contributed by atoms with Crippen molar-refractivity contribution < 1.29 is 18.8 Å². The molecule has 436 valence electrons. The highest BCUT2D eigenvalue weighted by Gasteiger charge is 2.35. The highest BCUT2D eigenvalue weighted by atomic mass is 19.1. The number of amides is 3. The molecule has 2 aromatic carbocycles. The van der Waals surface area contributed by atoms with Crippen LogP contribution in [0.5, 0.6) is 0 Å². The zero-order valence-electron chi connectivity index (χ0n) is 49.7. The molecule has 1 aromatic heterocycles. The molecule has 15 heteroatoms. The molecule has 3 rings (SSSR count). The van der Waals surface area contributed by atoms with Gasteiger partial charge >= 0.3 is 0 Å². The van der Waals surface area contributed by atoms with E-state index in [2.05, 4.69) is 140 Å². The summed E-state index contributed by atoms with van der Waals surface area (Å²) in [5, 5.41) is 18.9. The minimum absolute atomic E-state index is 0.0413. The van der Waals surface area contributed by atoms with Crippen LogP contribution < -0.4 is 49.1 Å². The minimum Gasteiger partial charge on any atom is -0.385 e. The van der Waals surface area contributed by atoms with Gasteiger partial charge in [0.05, 0.1) is 37.1 Å². The SMILES string of the molecule is C=C(NC(CCN(C(=C)C)C(c1cc(-c2cc(C)ccc2F)cn1Cc1ccccc1)C(C)(C)C)C(=C)NCCNC(=O)C(N)CCCCN)C(CC(N)=O)NC.C=C/C=C(\C=C/C)CC(=O)NCC(=C)NC(C)C=C.CCC. The molecule has 0 aliphatic heterocycles. The zero-order valence-corrected chi connectivity index (χ0v) is 49.7. The molecule has 0 bridgehead atoms. The topological polar surface area (TPSA) is 210 Å². The van der Waals surface area contributed by atoms with Crippen molar-refractivity contribution in [2.24, 2.45) is 22.6 Å². The number of allylic oxidation sites excluding steroid dienone is 5. The van der Waals surface area contributed by atoms with E-state index in [0.717, 1.165) is 52.2 Å². The molecule has 1 heterocycles. The van der Waals surface area contributed by atoms with Crippen LogP contribution in [0.3, 0.4) is 0 Å². The van der Waals surface area contributed by atoms with Gasteiger partial charge in [0, 0.05) is 84.4 Å². The lowest BCUT2D eigenvalue weighted by molar-refractivity contribution is -0.122. The fourth-order valence-corrected chi connectivity index (χ4v) is 8.55. The third-order valence-corrected chi connectivity index (χ3v) is 12.5. The third-order valence-electron chi connectivity index (χ3n) is 12.5. The van der Waals surface area contributed by atoms with Crippen molar-refractivity contribution in [3.8, 4) is 11.1 Å². The maximum absolute atomic E-state index is 15.4. The van der Waals surface area contributed by atoms with Crippen molar-refractivity contribution in [1.29, 1.82) is 0 Å². The maximum Gasteiger partial charge on any atom is 0.236 e. The minimum atomic E-state index is -0.592. The molecule has 79 heavy (non-hydrogen) atoms. The second-order valence-electron chi connectivity index (χ2n) is 21.0. The van der Waals surface area contributed by atoms with Crippen LogP contribution in [0.15, 0.2) is 159 Å². The summed E-state index contributed by atoms with van der Waals surface area (Å²) in [7, 11) is 1.75. The second-order valence-corrected chi connectivity index (χ2v) is 21.0. The molecule has 5 unspecified atom stereocenters. The summed E-state index contributed by atoms with van der Waals surface area (Å²) in [4.78, 5) is 38.5. The molecule has 0 aliphatic carbocycles. The smallest absolute Gasteiger partial charge is 0.236 e. The molecule has 0 radical (unpaired) electrons. The fraction of sp³-hybridized carbons (Fsp3) is 0.453. The Morgan fingerprint density at radius 1 is 0.899 bits per heavy atom. The van der Waals surface area contributed by atoms with Crippen molar-refractivity contribution in [1.82, 2.24) is 41.4 Å². The molecule has 0 spiro atoms. The Morgan fingerprint density at radius 2 is 1.56 bits per heavy atom. The largest absolute Gasteiger partial charge is 0.385 e. The monoisotopic (exact) mass is 1090 g/mol. The van der Waals surface area contributed by atoms with Gasteiger partial charge in [-0.3, -0.25) is 14.4 Å². The summed E-state index contributed by atoms with van der Waals surface area (Å²) in [5.74, 6) is -0.969. The van der Waals surface area contributed by atoms with Gasteiger partial charge in [-0.2, -0.15) is 0 Å². The molecule has 0 saturated heterocycles. The highest BCUT2D eigenvalue weighted by molar-refractivity contribution is 5.81. The summed E-state index contributed by atoms with van der Waals surface area (Å²) in [6.07, 6.45) is 15.5. The molecular weight excluding hydrogens is 990 g/mol. The van der Waals surface area contributed by atoms with E-state index in [-0.39, 0.29) is 47.6 Å². The number of hydrogen-bond acceptors (Lipinski definition) is 10. The van der Waals surface area contributed by atoms with Gasteiger partial charge in [-0.15, -0.1) is 6.58 Å². The zero-order chi connectivity index (χ0) is 59.7. The maximum atomic E-state index is 15.4. The van der Waals surface area contributed by atoms with Crippen molar-refractivity contribution in [2.75, 3.05) is 39.8 Å². The Kier molecular flexibility index (Phi) is 33.5. The lowest BCUT2D eigenvalue weighted by Gasteiger charge is -2.43. The van der Waals surface area contributed by atoms with Crippen LogP contribution in [0.1, 0.15) is 123 Å². The standard InChI is InChI=1S/C45H68FN9O2.C16H24N2O.C3H8/c1-30(2)55(24-20-39(53-33(5)40(50-9)27-42(49)56)32(4)51-22-23-52-44(57)38(48)17-13-14-21-47)43(45(6,7)8)41-26-35(36-25-31(3)18-19-37(36)46)29-54(41)28-34-15-11-10-12-16-34;1-6-9-15(10-7-2)11-16(19)17-12-14(5)18-13(4)8-3;1-3-2/h10-12,15-16,18-19,25-26,29,38-40,43,50-51,53H,1,4-5,13-14,17,20-24,27-28,47-48H2,2-3,6-9H3,(H2,49,56)(H,52,57);6-10,13,18H,1,3,5,11-12H2,2,4H3,(H,17,19);3H2,1-2H3/b;10-7-,15-9+;. The Labute approximate surface area is 475 Å². The number of unbranched alkanes of at least 4 members (excludes halogenated alkanes) is 1. The third kappa shape index (κ3) is 27.0. The lowest BCUT2D eigenvalue weighted by Crippen LogP contribution is -2.46. The lowest BCUT2D eigenvalue weighted by atomic mass is 9.82. The first-order valence-corrected chi connectivity index (χ1v) is 27.7. The number of aromatic nitrogens is 1. The molecule has 12 N–H and O–H groups in total. The number of halogens is 1. The van der Waals surface area contributed by atoms with Gasteiger partial charge in [-0.25, -0.2) is 4.39 Å². The van der Waals surface area contributed by atoms with Crippen LogP contribution in [0.4, 0.5) is 4.39 Å². The van der Waals surface area contributed by atoms with Crippen LogP contribution in [-0.2, 0) is 20.9 Å². The van der Waals surface area contributed by atoms with Gasteiger partial charge < -0.3 is 58.6 Å². The quantitative estimate of drug-likeness (QED) is 0.0157. The van der Waals surface area contributed by atoms with E-state index in [1.165, 1.54) is 12.5 Å². The molecule has 3 aromatic rings. The van der Waals surface area contributed by atoms with Crippen molar-refractivity contribution in [2.45, 2.75) is 144 Å². The number of nitrogens with one attached hydrogen (secondary N) is 6. The number of primary amides is 1. The number of nitrogens with zero attached hydrogens (tertiary/aromatic N) is 2. The van der Waals surface area contributed by atoms with Crippen molar-refractivity contribution >= 4 is 17.7 Å². The number of likely N-dealkylation sites (N-methyl/N-ethyl adjacent to an activating group) is 1. The summed E-state index contributed by atoms with van der Waals surface area (Å²) in [5.41, 5.74) is 25.3. The van der Waals surface area contributed by atoms with E-state index < -0.39 is 18.0 Å². The normalized spacial score (nSPS) is 13.1. The van der Waals surface area contributed by atoms with Crippen LogP contribution >= 0.6 is 0 Å². The summed E-state index contributed by atoms with van der Waals surface area (Å²) < 4.78 is 17.6. The van der Waals surface area contributed by atoms with Crippen molar-refractivity contribution in [3.05, 3.63) is 182 Å². The van der Waals surface area contributed by atoms with Gasteiger partial charge in [-0.05, 0) is 95.3 Å². The fourth-order valence-electron chi connectivity index (χ4n) is 8.55. The summed E-state index contributed by atoms with van der Waals surface area (Å²) in [6, 6.07) is 16.2. The van der Waals surface area contributed by atoms with Gasteiger partial charge in [-0.1, -0.05) is 153 Å². The second kappa shape index (κ2) is 37.8. The van der Waals surface area contributed by atoms with E-state index in [9.17, 15) is 14.4 Å². The Hall–Kier alpha value is -6.94. The van der Waals surface area contributed by atoms with Crippen LogP contribution in [0.2, 0.25) is 0 Å². The Bertz CT molecular complexity index is 2470. The van der Waals surface area contributed by atoms with E-state index in [0.29, 0.717) is 75.5 Å². The van der Waals surface area contributed by atoms with Gasteiger partial charge in [0.2, 0.25) is 17.7 Å². The molecule has 14 nitrogen and oxygen atoms in total. The van der Waals surface area contributed by atoms with E-state index in [1.54, 1.807) is 25.3 Å². The number of benzene rings is 2. The van der Waals surface area contributed by atoms with Crippen LogP contribution in [-0.4, -0.2) is 91.1 Å². The molecular formula is C64H100FN11O3. The number of aryl methyl sites for hydroxylation is 1. The number of carbonyl (C=O) groups is 3. The highest BCUT2D eigenvalue weighted by Crippen LogP contribution is 2.42.